The zero-order valence-corrected chi connectivity index (χ0v) is 11.9. The van der Waals surface area contributed by atoms with Gasteiger partial charge in [-0.3, -0.25) is 9.59 Å². The lowest BCUT2D eigenvalue weighted by Gasteiger charge is -2.31. The van der Waals surface area contributed by atoms with E-state index in [0.717, 1.165) is 25.7 Å². The quantitative estimate of drug-likeness (QED) is 0.826. The van der Waals surface area contributed by atoms with Crippen LogP contribution in [0.15, 0.2) is 0 Å². The smallest absolute Gasteiger partial charge is 0.306 e. The van der Waals surface area contributed by atoms with Gasteiger partial charge in [0.1, 0.15) is 0 Å². The minimum Gasteiger partial charge on any atom is -0.481 e. The molecule has 2 rings (SSSR count). The Kier molecular flexibility index (Phi) is 4.16. The van der Waals surface area contributed by atoms with Crippen molar-refractivity contribution in [1.29, 1.82) is 0 Å². The number of hydrogen-bond acceptors (Lipinski definition) is 2. The summed E-state index contributed by atoms with van der Waals surface area (Å²) >= 11 is 0. The average Bonchev–Trinajstić information content (AvgIpc) is 2.69. The molecule has 19 heavy (non-hydrogen) atoms. The predicted octanol–water partition coefficient (Wildman–Crippen LogP) is 2.57. The Morgan fingerprint density at radius 3 is 2.37 bits per heavy atom. The van der Waals surface area contributed by atoms with Gasteiger partial charge in [-0.25, -0.2) is 0 Å². The Morgan fingerprint density at radius 2 is 1.79 bits per heavy atom. The van der Waals surface area contributed by atoms with Crippen LogP contribution in [-0.4, -0.2) is 23.0 Å². The van der Waals surface area contributed by atoms with E-state index in [9.17, 15) is 9.59 Å². The number of rotatable bonds is 3. The fourth-order valence-corrected chi connectivity index (χ4v) is 3.54. The first-order valence-electron chi connectivity index (χ1n) is 7.43. The summed E-state index contributed by atoms with van der Waals surface area (Å²) < 4.78 is 0. The minimum absolute atomic E-state index is 0.0749. The van der Waals surface area contributed by atoms with Crippen molar-refractivity contribution < 1.29 is 14.7 Å². The first-order chi connectivity index (χ1) is 8.90. The second-order valence-corrected chi connectivity index (χ2v) is 6.84. The molecule has 0 spiro atoms. The maximum absolute atomic E-state index is 12.3. The summed E-state index contributed by atoms with van der Waals surface area (Å²) in [5.74, 6) is -1.11. The van der Waals surface area contributed by atoms with E-state index in [1.807, 2.05) is 0 Å². The number of carbonyl (C=O) groups excluding carboxylic acids is 1. The molecule has 0 radical (unpaired) electrons. The molecule has 0 aromatic heterocycles. The van der Waals surface area contributed by atoms with Gasteiger partial charge in [0.25, 0.3) is 0 Å². The zero-order valence-electron chi connectivity index (χ0n) is 11.9. The second kappa shape index (κ2) is 5.51. The zero-order chi connectivity index (χ0) is 14.0. The summed E-state index contributed by atoms with van der Waals surface area (Å²) in [5.41, 5.74) is 0.177. The van der Waals surface area contributed by atoms with Crippen molar-refractivity contribution in [1.82, 2.24) is 5.32 Å². The first-order valence-corrected chi connectivity index (χ1v) is 7.43. The number of carboxylic acid groups (broad SMARTS) is 1. The summed E-state index contributed by atoms with van der Waals surface area (Å²) in [6.07, 6.45) is 6.28. The number of carboxylic acids is 1. The molecule has 0 heterocycles. The molecule has 2 aliphatic rings. The third kappa shape index (κ3) is 3.28. The van der Waals surface area contributed by atoms with Crippen LogP contribution in [0.4, 0.5) is 0 Å². The van der Waals surface area contributed by atoms with Crippen LogP contribution in [0.3, 0.4) is 0 Å². The fourth-order valence-electron chi connectivity index (χ4n) is 3.54. The van der Waals surface area contributed by atoms with Crippen molar-refractivity contribution in [3.63, 3.8) is 0 Å². The molecule has 4 nitrogen and oxygen atoms in total. The van der Waals surface area contributed by atoms with E-state index in [2.05, 4.69) is 19.2 Å². The van der Waals surface area contributed by atoms with Crippen molar-refractivity contribution in [2.45, 2.75) is 64.8 Å². The van der Waals surface area contributed by atoms with Crippen molar-refractivity contribution >= 4 is 11.9 Å². The normalized spacial score (nSPS) is 33.9. The molecule has 108 valence electrons. The second-order valence-electron chi connectivity index (χ2n) is 6.84. The van der Waals surface area contributed by atoms with Crippen molar-refractivity contribution in [3.05, 3.63) is 0 Å². The number of hydrogen-bond donors (Lipinski definition) is 2. The Balaban J connectivity index is 1.91. The van der Waals surface area contributed by atoms with Crippen LogP contribution >= 0.6 is 0 Å². The third-order valence-electron chi connectivity index (χ3n) is 4.97. The van der Waals surface area contributed by atoms with Crippen molar-refractivity contribution in [2.24, 2.45) is 17.3 Å². The summed E-state index contributed by atoms with van der Waals surface area (Å²) in [5, 5.41) is 12.2. The highest BCUT2D eigenvalue weighted by Crippen LogP contribution is 2.38. The highest BCUT2D eigenvalue weighted by Gasteiger charge is 2.38. The van der Waals surface area contributed by atoms with Gasteiger partial charge in [-0.1, -0.05) is 26.7 Å². The van der Waals surface area contributed by atoms with Gasteiger partial charge >= 0.3 is 5.97 Å². The van der Waals surface area contributed by atoms with Gasteiger partial charge in [0.15, 0.2) is 0 Å². The van der Waals surface area contributed by atoms with Crippen LogP contribution in [-0.2, 0) is 9.59 Å². The lowest BCUT2D eigenvalue weighted by atomic mass is 9.80. The highest BCUT2D eigenvalue weighted by molar-refractivity contribution is 5.80. The van der Waals surface area contributed by atoms with Crippen LogP contribution in [0, 0.1) is 17.3 Å². The Hall–Kier alpha value is -1.06. The van der Waals surface area contributed by atoms with Gasteiger partial charge in [0.05, 0.1) is 5.92 Å². The molecule has 3 atom stereocenters. The van der Waals surface area contributed by atoms with E-state index in [4.69, 9.17) is 5.11 Å². The minimum atomic E-state index is -0.751. The maximum Gasteiger partial charge on any atom is 0.306 e. The monoisotopic (exact) mass is 267 g/mol. The van der Waals surface area contributed by atoms with Gasteiger partial charge in [-0.05, 0) is 37.5 Å². The summed E-state index contributed by atoms with van der Waals surface area (Å²) in [4.78, 5) is 23.3. The Bertz CT molecular complexity index is 364. The largest absolute Gasteiger partial charge is 0.481 e. The van der Waals surface area contributed by atoms with E-state index in [-0.39, 0.29) is 29.2 Å². The standard InChI is InChI=1S/C15H25NO3/c1-15(2)8-4-7-12(15)16-13(17)10-5-3-6-11(9-10)14(18)19/h10-12H,3-9H2,1-2H3,(H,16,17)(H,18,19). The Morgan fingerprint density at radius 1 is 1.11 bits per heavy atom. The molecule has 2 fully saturated rings. The van der Waals surface area contributed by atoms with Crippen LogP contribution in [0.1, 0.15) is 58.8 Å². The molecular weight excluding hydrogens is 242 g/mol. The number of carbonyl (C=O) groups is 2. The SMILES string of the molecule is CC1(C)CCCC1NC(=O)C1CCCC(C(=O)O)C1. The lowest BCUT2D eigenvalue weighted by Crippen LogP contribution is -2.45. The topological polar surface area (TPSA) is 66.4 Å². The van der Waals surface area contributed by atoms with Crippen molar-refractivity contribution in [2.75, 3.05) is 0 Å². The fraction of sp³-hybridized carbons (Fsp3) is 0.867. The molecule has 0 aromatic rings. The summed E-state index contributed by atoms with van der Waals surface area (Å²) in [6, 6.07) is 0.255. The predicted molar refractivity (Wildman–Crippen MR) is 72.6 cm³/mol. The molecule has 0 saturated heterocycles. The van der Waals surface area contributed by atoms with E-state index in [1.165, 1.54) is 6.42 Å². The van der Waals surface area contributed by atoms with Gasteiger partial charge in [0, 0.05) is 12.0 Å². The summed E-state index contributed by atoms with van der Waals surface area (Å²) in [7, 11) is 0. The molecule has 0 aromatic carbocycles. The van der Waals surface area contributed by atoms with Crippen molar-refractivity contribution in [3.8, 4) is 0 Å². The third-order valence-corrected chi connectivity index (χ3v) is 4.97. The van der Waals surface area contributed by atoms with Crippen LogP contribution in [0.5, 0.6) is 0 Å². The molecule has 2 saturated carbocycles. The van der Waals surface area contributed by atoms with E-state index >= 15 is 0 Å². The van der Waals surface area contributed by atoms with Gasteiger partial charge in [-0.15, -0.1) is 0 Å². The van der Waals surface area contributed by atoms with Crippen LogP contribution < -0.4 is 5.32 Å². The molecule has 3 unspecified atom stereocenters. The molecule has 1 amide bonds. The van der Waals surface area contributed by atoms with Crippen LogP contribution in [0.25, 0.3) is 0 Å². The van der Waals surface area contributed by atoms with Gasteiger partial charge in [0.2, 0.25) is 5.91 Å². The maximum atomic E-state index is 12.3. The van der Waals surface area contributed by atoms with E-state index < -0.39 is 5.97 Å². The molecule has 0 bridgehead atoms. The molecular formula is C15H25NO3. The molecule has 4 heteroatoms. The molecule has 2 N–H and O–H groups in total. The lowest BCUT2D eigenvalue weighted by molar-refractivity contribution is -0.144. The molecule has 2 aliphatic carbocycles. The highest BCUT2D eigenvalue weighted by atomic mass is 16.4. The molecule has 0 aliphatic heterocycles. The Labute approximate surface area is 115 Å². The number of aliphatic carboxylic acids is 1. The number of nitrogens with one attached hydrogen (secondary N) is 1. The van der Waals surface area contributed by atoms with Gasteiger partial charge < -0.3 is 10.4 Å². The van der Waals surface area contributed by atoms with E-state index in [0.29, 0.717) is 12.8 Å². The van der Waals surface area contributed by atoms with Crippen LogP contribution in [0.2, 0.25) is 0 Å². The van der Waals surface area contributed by atoms with Gasteiger partial charge in [-0.2, -0.15) is 0 Å². The number of amides is 1. The first kappa shape index (κ1) is 14.4. The van der Waals surface area contributed by atoms with E-state index in [1.54, 1.807) is 0 Å². The summed E-state index contributed by atoms with van der Waals surface area (Å²) in [6.45, 7) is 4.40. The average molecular weight is 267 g/mol.